The van der Waals surface area contributed by atoms with Crippen LogP contribution in [-0.4, -0.2) is 47.6 Å². The Hall–Kier alpha value is -3.67. The first kappa shape index (κ1) is 22.8. The van der Waals surface area contributed by atoms with Crippen LogP contribution in [0.2, 0.25) is 0 Å². The van der Waals surface area contributed by atoms with Crippen molar-refractivity contribution in [2.45, 2.75) is 50.1 Å². The molecule has 1 aliphatic carbocycles. The maximum absolute atomic E-state index is 13.4. The van der Waals surface area contributed by atoms with E-state index in [9.17, 15) is 9.59 Å². The Bertz CT molecular complexity index is 1250. The smallest absolute Gasteiger partial charge is 0.410 e. The van der Waals surface area contributed by atoms with Gasteiger partial charge in [-0.05, 0) is 60.4 Å². The second-order valence-corrected chi connectivity index (χ2v) is 10.0. The number of ether oxygens (including phenoxy) is 2. The van der Waals surface area contributed by atoms with Crippen molar-refractivity contribution >= 4 is 11.9 Å². The fourth-order valence-corrected chi connectivity index (χ4v) is 6.44. The number of carbonyl (C=O) groups is 2. The fourth-order valence-electron chi connectivity index (χ4n) is 6.44. The zero-order chi connectivity index (χ0) is 24.6. The number of pyridine rings is 1. The second kappa shape index (κ2) is 9.41. The van der Waals surface area contributed by atoms with Crippen LogP contribution in [0.1, 0.15) is 59.6 Å². The van der Waals surface area contributed by atoms with Crippen LogP contribution in [0.15, 0.2) is 66.7 Å². The van der Waals surface area contributed by atoms with Gasteiger partial charge in [0.2, 0.25) is 5.88 Å². The number of benzene rings is 2. The van der Waals surface area contributed by atoms with E-state index in [4.69, 9.17) is 9.47 Å². The van der Waals surface area contributed by atoms with Gasteiger partial charge in [-0.1, -0.05) is 54.6 Å². The minimum absolute atomic E-state index is 0.0210. The Morgan fingerprint density at radius 3 is 2.17 bits per heavy atom. The molecule has 2 saturated heterocycles. The number of aromatic nitrogens is 1. The number of piperidine rings is 2. The highest BCUT2D eigenvalue weighted by molar-refractivity contribution is 5.96. The molecule has 0 spiro atoms. The third-order valence-corrected chi connectivity index (χ3v) is 8.08. The number of fused-ring (bicyclic) bond motifs is 5. The van der Waals surface area contributed by atoms with Crippen molar-refractivity contribution in [2.24, 2.45) is 5.92 Å². The molecule has 2 unspecified atom stereocenters. The monoisotopic (exact) mass is 482 g/mol. The van der Waals surface area contributed by atoms with E-state index in [1.807, 2.05) is 17.0 Å². The number of Topliss-reactive ketones (excluding diaryl/α,β-unsaturated/α-hetero) is 1. The van der Waals surface area contributed by atoms with Gasteiger partial charge in [-0.2, -0.15) is 0 Å². The molecule has 6 heteroatoms. The summed E-state index contributed by atoms with van der Waals surface area (Å²) in [6, 6.07) is 22.1. The molecule has 1 amide bonds. The molecule has 0 radical (unpaired) electrons. The third-order valence-electron chi connectivity index (χ3n) is 8.08. The molecule has 3 aromatic rings. The standard InChI is InChI=1S/C30H30N2O4/c1-35-28-15-7-14-27(31-28)29(33)19-16-20-8-6-9-21(17-19)32(20)30(34)36-18-26-24-12-4-2-10-22(24)23-11-3-5-13-25(23)26/h2-5,7,10-15,19-21,26H,6,8-9,16-18H2,1H3. The zero-order valence-electron chi connectivity index (χ0n) is 20.4. The minimum Gasteiger partial charge on any atom is -0.481 e. The van der Waals surface area contributed by atoms with Crippen LogP contribution in [0.25, 0.3) is 11.1 Å². The van der Waals surface area contributed by atoms with E-state index in [-0.39, 0.29) is 35.8 Å². The van der Waals surface area contributed by atoms with Gasteiger partial charge in [-0.15, -0.1) is 0 Å². The van der Waals surface area contributed by atoms with Crippen LogP contribution >= 0.6 is 0 Å². The molecule has 2 bridgehead atoms. The predicted octanol–water partition coefficient (Wildman–Crippen LogP) is 5.86. The molecule has 2 aliphatic heterocycles. The van der Waals surface area contributed by atoms with Gasteiger partial charge in [0.1, 0.15) is 12.3 Å². The SMILES string of the molecule is COc1cccc(C(=O)C2CC3CCCC(C2)N3C(=O)OCC2c3ccccc3-c3ccccc32)n1. The van der Waals surface area contributed by atoms with Crippen molar-refractivity contribution in [1.82, 2.24) is 9.88 Å². The van der Waals surface area contributed by atoms with Gasteiger partial charge < -0.3 is 14.4 Å². The van der Waals surface area contributed by atoms with Gasteiger partial charge in [0.25, 0.3) is 0 Å². The van der Waals surface area contributed by atoms with Gasteiger partial charge >= 0.3 is 6.09 Å². The summed E-state index contributed by atoms with van der Waals surface area (Å²) >= 11 is 0. The van der Waals surface area contributed by atoms with Gasteiger partial charge in [0.05, 0.1) is 7.11 Å². The van der Waals surface area contributed by atoms with Crippen molar-refractivity contribution in [3.8, 4) is 17.0 Å². The van der Waals surface area contributed by atoms with Crippen molar-refractivity contribution in [2.75, 3.05) is 13.7 Å². The molecular formula is C30H30N2O4. The third kappa shape index (κ3) is 3.94. The summed E-state index contributed by atoms with van der Waals surface area (Å²) in [5.41, 5.74) is 5.29. The van der Waals surface area contributed by atoms with E-state index < -0.39 is 0 Å². The van der Waals surface area contributed by atoms with E-state index in [1.165, 1.54) is 22.3 Å². The first-order chi connectivity index (χ1) is 17.6. The van der Waals surface area contributed by atoms with Gasteiger partial charge in [-0.25, -0.2) is 9.78 Å². The summed E-state index contributed by atoms with van der Waals surface area (Å²) in [5, 5.41) is 0. The molecule has 6 nitrogen and oxygen atoms in total. The minimum atomic E-state index is -0.253. The van der Waals surface area contributed by atoms with Crippen LogP contribution in [0.3, 0.4) is 0 Å². The molecule has 2 aromatic carbocycles. The summed E-state index contributed by atoms with van der Waals surface area (Å²) in [5.74, 6) is 0.382. The van der Waals surface area contributed by atoms with Crippen LogP contribution in [0, 0.1) is 5.92 Å². The van der Waals surface area contributed by atoms with E-state index in [1.54, 1.807) is 25.3 Å². The van der Waals surface area contributed by atoms with Crippen LogP contribution in [0.5, 0.6) is 5.88 Å². The Kier molecular flexibility index (Phi) is 5.96. The Morgan fingerprint density at radius 2 is 1.53 bits per heavy atom. The van der Waals surface area contributed by atoms with Gasteiger partial charge in [0.15, 0.2) is 5.78 Å². The first-order valence-corrected chi connectivity index (χ1v) is 12.8. The van der Waals surface area contributed by atoms with Gasteiger partial charge in [0, 0.05) is 30.0 Å². The lowest BCUT2D eigenvalue weighted by Gasteiger charge is -2.47. The fraction of sp³-hybridized carbons (Fsp3) is 0.367. The highest BCUT2D eigenvalue weighted by Crippen LogP contribution is 2.45. The van der Waals surface area contributed by atoms with E-state index in [0.717, 1.165) is 19.3 Å². The molecule has 6 rings (SSSR count). The molecule has 1 aromatic heterocycles. The number of methoxy groups -OCH3 is 1. The number of amides is 1. The number of nitrogens with zero attached hydrogens (tertiary/aromatic N) is 2. The van der Waals surface area contributed by atoms with Crippen LogP contribution in [0.4, 0.5) is 4.79 Å². The van der Waals surface area contributed by atoms with Crippen molar-refractivity contribution in [3.05, 3.63) is 83.6 Å². The van der Waals surface area contributed by atoms with Crippen molar-refractivity contribution in [3.63, 3.8) is 0 Å². The van der Waals surface area contributed by atoms with Gasteiger partial charge in [-0.3, -0.25) is 4.79 Å². The van der Waals surface area contributed by atoms with E-state index in [2.05, 4.69) is 41.4 Å². The molecule has 2 fully saturated rings. The molecule has 0 saturated carbocycles. The molecule has 36 heavy (non-hydrogen) atoms. The zero-order valence-corrected chi connectivity index (χ0v) is 20.4. The van der Waals surface area contributed by atoms with Crippen LogP contribution < -0.4 is 4.74 Å². The summed E-state index contributed by atoms with van der Waals surface area (Å²) < 4.78 is 11.2. The normalized spacial score (nSPS) is 22.5. The molecular weight excluding hydrogens is 452 g/mol. The first-order valence-electron chi connectivity index (χ1n) is 12.8. The second-order valence-electron chi connectivity index (χ2n) is 10.0. The Morgan fingerprint density at radius 1 is 0.889 bits per heavy atom. The highest BCUT2D eigenvalue weighted by atomic mass is 16.6. The Labute approximate surface area is 211 Å². The quantitative estimate of drug-likeness (QED) is 0.427. The molecule has 3 aliphatic rings. The highest BCUT2D eigenvalue weighted by Gasteiger charge is 2.44. The average molecular weight is 483 g/mol. The summed E-state index contributed by atoms with van der Waals surface area (Å²) in [4.78, 5) is 32.9. The number of rotatable bonds is 5. The number of carbonyl (C=O) groups excluding carboxylic acids is 2. The lowest BCUT2D eigenvalue weighted by molar-refractivity contribution is 0.00640. The van der Waals surface area contributed by atoms with Crippen LogP contribution in [-0.2, 0) is 4.74 Å². The molecule has 184 valence electrons. The number of hydrogen-bond acceptors (Lipinski definition) is 5. The summed E-state index contributed by atoms with van der Waals surface area (Å²) in [6.07, 6.45) is 3.92. The Balaban J connectivity index is 1.16. The summed E-state index contributed by atoms with van der Waals surface area (Å²) in [7, 11) is 1.55. The maximum Gasteiger partial charge on any atom is 0.410 e. The maximum atomic E-state index is 13.4. The summed E-state index contributed by atoms with van der Waals surface area (Å²) in [6.45, 7) is 0.318. The van der Waals surface area contributed by atoms with E-state index >= 15 is 0 Å². The van der Waals surface area contributed by atoms with E-state index in [0.29, 0.717) is 31.0 Å². The topological polar surface area (TPSA) is 68.7 Å². The predicted molar refractivity (Wildman–Crippen MR) is 136 cm³/mol. The largest absolute Gasteiger partial charge is 0.481 e. The molecule has 3 heterocycles. The lowest BCUT2D eigenvalue weighted by atomic mass is 9.76. The number of hydrogen-bond donors (Lipinski definition) is 0. The van der Waals surface area contributed by atoms with Crippen molar-refractivity contribution in [1.29, 1.82) is 0 Å². The lowest BCUT2D eigenvalue weighted by Crippen LogP contribution is -2.56. The molecule has 2 atom stereocenters. The molecule has 0 N–H and O–H groups in total. The van der Waals surface area contributed by atoms with Crippen molar-refractivity contribution < 1.29 is 19.1 Å². The number of ketones is 1. The average Bonchev–Trinajstić information content (AvgIpc) is 3.24.